The van der Waals surface area contributed by atoms with Gasteiger partial charge in [0.25, 0.3) is 0 Å². The Hall–Kier alpha value is -1.33. The molecule has 0 radical (unpaired) electrons. The van der Waals surface area contributed by atoms with Crippen LogP contribution in [0.2, 0.25) is 0 Å². The largest absolute Gasteiger partial charge is 0.303 e. The van der Waals surface area contributed by atoms with Crippen LogP contribution in [-0.2, 0) is 5.41 Å². The number of rotatable bonds is 1. The lowest BCUT2D eigenvalue weighted by Crippen LogP contribution is -2.41. The van der Waals surface area contributed by atoms with Gasteiger partial charge in [0.15, 0.2) is 0 Å². The lowest BCUT2D eigenvalue weighted by Gasteiger charge is -2.35. The van der Waals surface area contributed by atoms with Gasteiger partial charge in [-0.25, -0.2) is 0 Å². The number of hydrogen-bond donors (Lipinski definition) is 0. The smallest absolute Gasteiger partial charge is 0.0878 e. The van der Waals surface area contributed by atoms with Gasteiger partial charge in [-0.05, 0) is 31.4 Å². The van der Waals surface area contributed by atoms with Crippen LogP contribution in [0.3, 0.4) is 0 Å². The number of nitrogens with zero attached hydrogens (tertiary/aromatic N) is 2. The minimum absolute atomic E-state index is 0.210. The summed E-state index contributed by atoms with van der Waals surface area (Å²) in [5.74, 6) is 0.523. The molecule has 1 aromatic rings. The van der Waals surface area contributed by atoms with Crippen LogP contribution in [0.5, 0.6) is 0 Å². The highest BCUT2D eigenvalue weighted by atomic mass is 15.2. The van der Waals surface area contributed by atoms with Gasteiger partial charge in [-0.1, -0.05) is 30.3 Å². The van der Waals surface area contributed by atoms with E-state index in [2.05, 4.69) is 30.1 Å². The molecule has 0 aromatic heterocycles. The Morgan fingerprint density at radius 3 is 2.62 bits per heavy atom. The molecule has 1 aliphatic heterocycles. The second kappa shape index (κ2) is 3.33. The van der Waals surface area contributed by atoms with Crippen LogP contribution in [0.4, 0.5) is 0 Å². The third-order valence-electron chi connectivity index (χ3n) is 4.43. The summed E-state index contributed by atoms with van der Waals surface area (Å²) in [7, 11) is 2.18. The van der Waals surface area contributed by atoms with Gasteiger partial charge < -0.3 is 4.90 Å². The number of fused-ring (bicyclic) bond motifs is 2. The molecular weight excluding hydrogens is 196 g/mol. The van der Waals surface area contributed by atoms with Crippen molar-refractivity contribution in [2.24, 2.45) is 5.92 Å². The Kier molecular flexibility index (Phi) is 2.05. The lowest BCUT2D eigenvalue weighted by atomic mass is 9.72. The highest BCUT2D eigenvalue weighted by Gasteiger charge is 2.54. The molecule has 3 rings (SSSR count). The SMILES string of the molecule is CN1C[C@@H]2C[C@H]1C[C@@]2(C#N)c1ccccc1. The average Bonchev–Trinajstić information content (AvgIpc) is 2.87. The van der Waals surface area contributed by atoms with Crippen molar-refractivity contribution in [1.29, 1.82) is 5.26 Å². The van der Waals surface area contributed by atoms with Crippen LogP contribution in [0.1, 0.15) is 18.4 Å². The normalized spacial score (nSPS) is 37.5. The van der Waals surface area contributed by atoms with Crippen LogP contribution in [0, 0.1) is 17.2 Å². The summed E-state index contributed by atoms with van der Waals surface area (Å²) in [6.07, 6.45) is 2.20. The number of benzene rings is 1. The van der Waals surface area contributed by atoms with Crippen LogP contribution >= 0.6 is 0 Å². The van der Waals surface area contributed by atoms with Crippen molar-refractivity contribution in [2.45, 2.75) is 24.3 Å². The summed E-state index contributed by atoms with van der Waals surface area (Å²) in [4.78, 5) is 2.41. The summed E-state index contributed by atoms with van der Waals surface area (Å²) in [6.45, 7) is 1.08. The first-order valence-corrected chi connectivity index (χ1v) is 5.93. The highest BCUT2D eigenvalue weighted by Crippen LogP contribution is 2.51. The number of nitriles is 1. The number of piperidine rings is 1. The third kappa shape index (κ3) is 1.15. The minimum atomic E-state index is -0.210. The number of likely N-dealkylation sites (tertiary alicyclic amines) is 1. The molecule has 2 heteroatoms. The van der Waals surface area contributed by atoms with Gasteiger partial charge in [0, 0.05) is 12.6 Å². The Bertz CT molecular complexity index is 432. The van der Waals surface area contributed by atoms with E-state index in [4.69, 9.17) is 0 Å². The average molecular weight is 212 g/mol. The van der Waals surface area contributed by atoms with Gasteiger partial charge in [0.2, 0.25) is 0 Å². The van der Waals surface area contributed by atoms with Crippen LogP contribution in [-0.4, -0.2) is 24.5 Å². The van der Waals surface area contributed by atoms with Gasteiger partial charge in [0.1, 0.15) is 0 Å². The molecule has 0 spiro atoms. The molecule has 2 bridgehead atoms. The molecule has 2 aliphatic rings. The van der Waals surface area contributed by atoms with E-state index in [9.17, 15) is 5.26 Å². The highest BCUT2D eigenvalue weighted by molar-refractivity contribution is 5.37. The van der Waals surface area contributed by atoms with Crippen LogP contribution in [0.25, 0.3) is 0 Å². The zero-order valence-corrected chi connectivity index (χ0v) is 9.56. The molecule has 16 heavy (non-hydrogen) atoms. The van der Waals surface area contributed by atoms with Gasteiger partial charge in [-0.3, -0.25) is 0 Å². The van der Waals surface area contributed by atoms with Gasteiger partial charge in [-0.2, -0.15) is 5.26 Å². The fourth-order valence-corrected chi connectivity index (χ4v) is 3.50. The fourth-order valence-electron chi connectivity index (χ4n) is 3.50. The quantitative estimate of drug-likeness (QED) is 0.713. The Balaban J connectivity index is 2.02. The predicted octanol–water partition coefficient (Wildman–Crippen LogP) is 2.17. The van der Waals surface area contributed by atoms with E-state index in [1.165, 1.54) is 12.0 Å². The fraction of sp³-hybridized carbons (Fsp3) is 0.500. The van der Waals surface area contributed by atoms with E-state index < -0.39 is 0 Å². The molecule has 2 fully saturated rings. The van der Waals surface area contributed by atoms with Crippen LogP contribution in [0.15, 0.2) is 30.3 Å². The van der Waals surface area contributed by atoms with Crippen molar-refractivity contribution in [3.05, 3.63) is 35.9 Å². The van der Waals surface area contributed by atoms with Crippen molar-refractivity contribution >= 4 is 0 Å². The lowest BCUT2D eigenvalue weighted by molar-refractivity contribution is 0.211. The molecule has 1 saturated carbocycles. The van der Waals surface area contributed by atoms with E-state index in [0.29, 0.717) is 12.0 Å². The standard InChI is InChI=1S/C14H16N2/c1-16-9-12-7-13(16)8-14(12,10-15)11-5-3-2-4-6-11/h2-6,12-13H,7-9H2,1H3/t12-,13-,14+/m0/s1. The third-order valence-corrected chi connectivity index (χ3v) is 4.43. The monoisotopic (exact) mass is 212 g/mol. The second-order valence-electron chi connectivity index (χ2n) is 5.18. The zero-order valence-electron chi connectivity index (χ0n) is 9.56. The summed E-state index contributed by atoms with van der Waals surface area (Å²) in [5, 5.41) is 9.61. The molecule has 3 atom stereocenters. The van der Waals surface area contributed by atoms with Crippen molar-refractivity contribution in [3.63, 3.8) is 0 Å². The van der Waals surface area contributed by atoms with Crippen molar-refractivity contribution in [3.8, 4) is 6.07 Å². The molecule has 1 saturated heterocycles. The first-order valence-electron chi connectivity index (χ1n) is 5.93. The molecular formula is C14H16N2. The Labute approximate surface area is 96.5 Å². The molecule has 0 unspecified atom stereocenters. The minimum Gasteiger partial charge on any atom is -0.303 e. The molecule has 1 aromatic carbocycles. The van der Waals surface area contributed by atoms with Crippen molar-refractivity contribution in [1.82, 2.24) is 4.90 Å². The zero-order chi connectivity index (χ0) is 11.2. The second-order valence-corrected chi connectivity index (χ2v) is 5.18. The topological polar surface area (TPSA) is 27.0 Å². The van der Waals surface area contributed by atoms with E-state index in [0.717, 1.165) is 13.0 Å². The van der Waals surface area contributed by atoms with Gasteiger partial charge in [-0.15, -0.1) is 0 Å². The van der Waals surface area contributed by atoms with Crippen molar-refractivity contribution < 1.29 is 0 Å². The summed E-state index contributed by atoms with van der Waals surface area (Å²) in [5.41, 5.74) is 1.01. The Morgan fingerprint density at radius 2 is 2.12 bits per heavy atom. The van der Waals surface area contributed by atoms with E-state index in [1.54, 1.807) is 0 Å². The van der Waals surface area contributed by atoms with Gasteiger partial charge >= 0.3 is 0 Å². The maximum atomic E-state index is 9.61. The molecule has 0 amide bonds. The number of hydrogen-bond acceptors (Lipinski definition) is 2. The van der Waals surface area contributed by atoms with E-state index >= 15 is 0 Å². The first-order chi connectivity index (χ1) is 7.76. The predicted molar refractivity (Wildman–Crippen MR) is 62.9 cm³/mol. The molecule has 1 heterocycles. The van der Waals surface area contributed by atoms with E-state index in [1.807, 2.05) is 18.2 Å². The van der Waals surface area contributed by atoms with Crippen molar-refractivity contribution in [2.75, 3.05) is 13.6 Å². The van der Waals surface area contributed by atoms with E-state index in [-0.39, 0.29) is 5.41 Å². The Morgan fingerprint density at radius 1 is 1.38 bits per heavy atom. The summed E-state index contributed by atoms with van der Waals surface area (Å²) >= 11 is 0. The molecule has 82 valence electrons. The first kappa shape index (κ1) is 9.86. The maximum absolute atomic E-state index is 9.61. The molecule has 2 nitrogen and oxygen atoms in total. The summed E-state index contributed by atoms with van der Waals surface area (Å²) in [6, 6.07) is 13.6. The molecule has 1 aliphatic carbocycles. The maximum Gasteiger partial charge on any atom is 0.0878 e. The van der Waals surface area contributed by atoms with Crippen LogP contribution < -0.4 is 0 Å². The van der Waals surface area contributed by atoms with Gasteiger partial charge in [0.05, 0.1) is 11.5 Å². The molecule has 0 N–H and O–H groups in total. The summed E-state index contributed by atoms with van der Waals surface area (Å²) < 4.78 is 0.